The van der Waals surface area contributed by atoms with E-state index in [1.54, 1.807) is 7.05 Å². The van der Waals surface area contributed by atoms with E-state index in [0.717, 1.165) is 55.2 Å². The fourth-order valence-electron chi connectivity index (χ4n) is 4.37. The molecule has 0 bridgehead atoms. The van der Waals surface area contributed by atoms with E-state index in [-0.39, 0.29) is 11.2 Å². The molecule has 1 N–H and O–H groups in total. The van der Waals surface area contributed by atoms with Crippen molar-refractivity contribution in [2.24, 2.45) is 14.1 Å². The number of aryl methyl sites for hydroxylation is 2. The standard InChI is InChI=1S/C22H26N6O3/c1-15-4-6-16(7-5-15)17-14-28-18-19(24(2)22(30)25(3)20(18)29)23-21(28)27(17)9-8-26-10-12-31-13-11-26/h4-7,14H,8-13H2,1-3H3/p+1. The highest BCUT2D eigenvalue weighted by atomic mass is 16.5. The van der Waals surface area contributed by atoms with Crippen LogP contribution in [0, 0.1) is 6.92 Å². The number of fused-ring (bicyclic) bond motifs is 3. The first-order valence-electron chi connectivity index (χ1n) is 10.6. The van der Waals surface area contributed by atoms with Crippen LogP contribution in [0.25, 0.3) is 28.2 Å². The summed E-state index contributed by atoms with van der Waals surface area (Å²) in [5.41, 5.74) is 3.39. The second-order valence-electron chi connectivity index (χ2n) is 8.30. The van der Waals surface area contributed by atoms with Gasteiger partial charge in [0, 0.05) is 20.3 Å². The monoisotopic (exact) mass is 423 g/mol. The summed E-state index contributed by atoms with van der Waals surface area (Å²) in [6, 6.07) is 8.36. The van der Waals surface area contributed by atoms with E-state index in [4.69, 9.17) is 9.72 Å². The Labute approximate surface area is 178 Å². The van der Waals surface area contributed by atoms with Gasteiger partial charge in [-0.1, -0.05) is 29.8 Å². The number of quaternary nitrogens is 1. The van der Waals surface area contributed by atoms with Crippen LogP contribution in [-0.2, 0) is 25.4 Å². The van der Waals surface area contributed by atoms with E-state index in [1.165, 1.54) is 22.1 Å². The number of aromatic nitrogens is 5. The molecule has 3 aromatic heterocycles. The predicted octanol–water partition coefficient (Wildman–Crippen LogP) is -0.423. The highest BCUT2D eigenvalue weighted by Gasteiger charge is 2.22. The van der Waals surface area contributed by atoms with E-state index in [9.17, 15) is 9.59 Å². The number of ether oxygens (including phenoxy) is 1. The Morgan fingerprint density at radius 2 is 1.77 bits per heavy atom. The van der Waals surface area contributed by atoms with E-state index < -0.39 is 0 Å². The molecule has 4 aromatic rings. The molecule has 1 saturated heterocycles. The van der Waals surface area contributed by atoms with E-state index in [0.29, 0.717) is 16.9 Å². The van der Waals surface area contributed by atoms with Gasteiger partial charge in [-0.15, -0.1) is 0 Å². The van der Waals surface area contributed by atoms with Gasteiger partial charge in [-0.25, -0.2) is 4.79 Å². The Hall–Kier alpha value is -3.17. The van der Waals surface area contributed by atoms with Crippen molar-refractivity contribution in [3.05, 3.63) is 56.9 Å². The minimum Gasteiger partial charge on any atom is -0.370 e. The first-order chi connectivity index (χ1) is 15.0. The van der Waals surface area contributed by atoms with Gasteiger partial charge in [-0.2, -0.15) is 4.98 Å². The molecule has 4 heterocycles. The van der Waals surface area contributed by atoms with Crippen LogP contribution in [-0.4, -0.2) is 55.9 Å². The third-order valence-corrected chi connectivity index (χ3v) is 6.29. The van der Waals surface area contributed by atoms with Crippen LogP contribution in [0.5, 0.6) is 0 Å². The fourth-order valence-corrected chi connectivity index (χ4v) is 4.37. The highest BCUT2D eigenvalue weighted by Crippen LogP contribution is 2.25. The summed E-state index contributed by atoms with van der Waals surface area (Å²) in [6.07, 6.45) is 1.97. The molecule has 0 atom stereocenters. The Bertz CT molecular complexity index is 1380. The summed E-state index contributed by atoms with van der Waals surface area (Å²) >= 11 is 0. The molecular formula is C22H27N6O3+. The molecule has 0 aliphatic carbocycles. The lowest BCUT2D eigenvalue weighted by atomic mass is 10.1. The molecule has 1 fully saturated rings. The first kappa shape index (κ1) is 19.8. The molecule has 0 amide bonds. The highest BCUT2D eigenvalue weighted by molar-refractivity contribution is 5.78. The number of hydrogen-bond acceptors (Lipinski definition) is 4. The average molecular weight is 423 g/mol. The SMILES string of the molecule is Cc1ccc(-c2cn3c4c(=O)n(C)c(=O)n(C)c4nc3n2CC[NH+]2CCOCC2)cc1. The molecule has 162 valence electrons. The summed E-state index contributed by atoms with van der Waals surface area (Å²) in [7, 11) is 3.16. The largest absolute Gasteiger partial charge is 0.370 e. The maximum Gasteiger partial charge on any atom is 0.332 e. The molecule has 9 heteroatoms. The summed E-state index contributed by atoms with van der Waals surface area (Å²) in [5, 5.41) is 0. The summed E-state index contributed by atoms with van der Waals surface area (Å²) in [6.45, 7) is 7.31. The Kier molecular flexibility index (Phi) is 4.79. The van der Waals surface area contributed by atoms with Gasteiger partial charge >= 0.3 is 5.69 Å². The minimum absolute atomic E-state index is 0.336. The van der Waals surface area contributed by atoms with Gasteiger partial charge < -0.3 is 14.2 Å². The number of imidazole rings is 2. The lowest BCUT2D eigenvalue weighted by Crippen LogP contribution is -3.14. The molecular weight excluding hydrogens is 396 g/mol. The second-order valence-corrected chi connectivity index (χ2v) is 8.30. The number of benzene rings is 1. The van der Waals surface area contributed by atoms with E-state index in [2.05, 4.69) is 35.8 Å². The topological polar surface area (TPSA) is 79.9 Å². The molecule has 0 unspecified atom stereocenters. The van der Waals surface area contributed by atoms with Crippen LogP contribution >= 0.6 is 0 Å². The number of hydrogen-bond donors (Lipinski definition) is 1. The lowest BCUT2D eigenvalue weighted by molar-refractivity contribution is -0.908. The van der Waals surface area contributed by atoms with Crippen LogP contribution in [0.15, 0.2) is 40.1 Å². The van der Waals surface area contributed by atoms with Gasteiger partial charge in [0.05, 0.1) is 32.0 Å². The molecule has 9 nitrogen and oxygen atoms in total. The van der Waals surface area contributed by atoms with Gasteiger partial charge in [0.2, 0.25) is 5.78 Å². The second kappa shape index (κ2) is 7.51. The summed E-state index contributed by atoms with van der Waals surface area (Å²) in [5.74, 6) is 0.677. The number of rotatable bonds is 4. The zero-order valence-corrected chi connectivity index (χ0v) is 18.1. The molecule has 1 aliphatic heterocycles. The van der Waals surface area contributed by atoms with E-state index in [1.807, 2.05) is 10.6 Å². The minimum atomic E-state index is -0.374. The maximum atomic E-state index is 12.9. The quantitative estimate of drug-likeness (QED) is 0.484. The normalized spacial score (nSPS) is 15.3. The third-order valence-electron chi connectivity index (χ3n) is 6.29. The van der Waals surface area contributed by atoms with Crippen LogP contribution in [0.4, 0.5) is 0 Å². The van der Waals surface area contributed by atoms with Crippen molar-refractivity contribution in [1.82, 2.24) is 23.1 Å². The third kappa shape index (κ3) is 3.21. The van der Waals surface area contributed by atoms with Gasteiger partial charge in [0.15, 0.2) is 11.2 Å². The number of nitrogens with zero attached hydrogens (tertiary/aromatic N) is 5. The maximum absolute atomic E-state index is 12.9. The van der Waals surface area contributed by atoms with Crippen molar-refractivity contribution in [2.45, 2.75) is 13.5 Å². The Balaban J connectivity index is 1.71. The smallest absolute Gasteiger partial charge is 0.332 e. The molecule has 5 rings (SSSR count). The zero-order valence-electron chi connectivity index (χ0n) is 18.1. The van der Waals surface area contributed by atoms with Crippen LogP contribution in [0.2, 0.25) is 0 Å². The van der Waals surface area contributed by atoms with Crippen LogP contribution < -0.4 is 16.1 Å². The van der Waals surface area contributed by atoms with Gasteiger partial charge in [-0.3, -0.25) is 18.3 Å². The molecule has 1 aliphatic rings. The van der Waals surface area contributed by atoms with Crippen molar-refractivity contribution in [2.75, 3.05) is 32.8 Å². The van der Waals surface area contributed by atoms with Gasteiger partial charge in [-0.05, 0) is 12.5 Å². The molecule has 31 heavy (non-hydrogen) atoms. The van der Waals surface area contributed by atoms with Gasteiger partial charge in [0.25, 0.3) is 5.56 Å². The molecule has 0 spiro atoms. The van der Waals surface area contributed by atoms with Crippen molar-refractivity contribution in [1.29, 1.82) is 0 Å². The molecule has 0 radical (unpaired) electrons. The Morgan fingerprint density at radius 1 is 1.06 bits per heavy atom. The summed E-state index contributed by atoms with van der Waals surface area (Å²) < 4.78 is 12.1. The number of morpholine rings is 1. The van der Waals surface area contributed by atoms with Crippen LogP contribution in [0.1, 0.15) is 5.56 Å². The average Bonchev–Trinajstić information content (AvgIpc) is 3.32. The molecule has 1 aromatic carbocycles. The van der Waals surface area contributed by atoms with Crippen molar-refractivity contribution < 1.29 is 9.64 Å². The first-order valence-corrected chi connectivity index (χ1v) is 10.6. The van der Waals surface area contributed by atoms with Crippen molar-refractivity contribution in [3.8, 4) is 11.3 Å². The van der Waals surface area contributed by atoms with Crippen LogP contribution in [0.3, 0.4) is 0 Å². The predicted molar refractivity (Wildman–Crippen MR) is 118 cm³/mol. The van der Waals surface area contributed by atoms with Crippen molar-refractivity contribution in [3.63, 3.8) is 0 Å². The zero-order chi connectivity index (χ0) is 21.7. The summed E-state index contributed by atoms with van der Waals surface area (Å²) in [4.78, 5) is 31.6. The molecule has 0 saturated carbocycles. The number of nitrogens with one attached hydrogen (secondary N) is 1. The van der Waals surface area contributed by atoms with E-state index >= 15 is 0 Å². The fraction of sp³-hybridized carbons (Fsp3) is 0.409. The van der Waals surface area contributed by atoms with Crippen molar-refractivity contribution >= 4 is 16.9 Å². The lowest BCUT2D eigenvalue weighted by Gasteiger charge is -2.24. The Morgan fingerprint density at radius 3 is 2.48 bits per heavy atom. The van der Waals surface area contributed by atoms with Gasteiger partial charge in [0.1, 0.15) is 13.1 Å².